The first kappa shape index (κ1) is 17.2. The molecule has 1 amide bonds. The maximum atomic E-state index is 13.1. The molecule has 6 heteroatoms. The number of carbonyl (C=O) groups is 1. The number of hydrogen-bond acceptors (Lipinski definition) is 4. The number of furan rings is 1. The third kappa shape index (κ3) is 3.44. The summed E-state index contributed by atoms with van der Waals surface area (Å²) in [5.41, 5.74) is 0. The molecule has 0 N–H and O–H groups in total. The van der Waals surface area contributed by atoms with Crippen LogP contribution in [0, 0.1) is 0 Å². The Morgan fingerprint density at radius 1 is 1.23 bits per heavy atom. The van der Waals surface area contributed by atoms with Gasteiger partial charge in [0.1, 0.15) is 0 Å². The van der Waals surface area contributed by atoms with Crippen LogP contribution in [0.2, 0.25) is 19.6 Å². The molecule has 1 aromatic rings. The molecule has 0 aliphatic carbocycles. The van der Waals surface area contributed by atoms with Crippen molar-refractivity contribution in [3.05, 3.63) is 18.1 Å². The van der Waals surface area contributed by atoms with Crippen LogP contribution < -0.4 is 5.19 Å². The number of rotatable bonds is 6. The van der Waals surface area contributed by atoms with E-state index in [2.05, 4.69) is 19.6 Å². The van der Waals surface area contributed by atoms with Gasteiger partial charge in [0.15, 0.2) is 5.76 Å². The van der Waals surface area contributed by atoms with Gasteiger partial charge in [-0.05, 0) is 24.1 Å². The fraction of sp³-hybridized carbons (Fsp3) is 0.688. The molecule has 2 rings (SSSR count). The topological polar surface area (TPSA) is 51.9 Å². The van der Waals surface area contributed by atoms with Crippen molar-refractivity contribution in [2.75, 3.05) is 27.4 Å². The van der Waals surface area contributed by atoms with Crippen LogP contribution in [0.5, 0.6) is 0 Å². The Kier molecular flexibility index (Phi) is 5.47. The molecule has 1 aliphatic heterocycles. The van der Waals surface area contributed by atoms with Gasteiger partial charge in [0, 0.05) is 14.2 Å². The van der Waals surface area contributed by atoms with Crippen LogP contribution in [0.1, 0.15) is 23.4 Å². The Bertz CT molecular complexity index is 494. The van der Waals surface area contributed by atoms with E-state index in [1.54, 1.807) is 20.5 Å². The zero-order valence-electron chi connectivity index (χ0n) is 14.2. The number of nitrogens with zero attached hydrogens (tertiary/aromatic N) is 1. The van der Waals surface area contributed by atoms with Crippen molar-refractivity contribution in [2.45, 2.75) is 44.6 Å². The molecule has 0 radical (unpaired) electrons. The molecule has 0 saturated carbocycles. The van der Waals surface area contributed by atoms with Crippen LogP contribution in [0.3, 0.4) is 0 Å². The van der Waals surface area contributed by atoms with E-state index in [1.165, 1.54) is 0 Å². The molecule has 1 aromatic heterocycles. The van der Waals surface area contributed by atoms with Gasteiger partial charge in [-0.2, -0.15) is 0 Å². The highest BCUT2D eigenvalue weighted by Crippen LogP contribution is 2.27. The molecule has 22 heavy (non-hydrogen) atoms. The minimum Gasteiger partial charge on any atom is -0.459 e. The second kappa shape index (κ2) is 6.98. The standard InChI is InChI=1S/C16H27NO4Si/c1-19-10-12-6-7-13(11-20-2)17(12)16(18)15-14(8-9-21-15)22(3,4)5/h8-9,12-13H,6-7,10-11H2,1-5H3/t12-,13-/m0/s1. The highest BCUT2D eigenvalue weighted by Gasteiger charge is 2.40. The monoisotopic (exact) mass is 325 g/mol. The maximum absolute atomic E-state index is 13.1. The first-order valence-corrected chi connectivity index (χ1v) is 11.3. The maximum Gasteiger partial charge on any atom is 0.290 e. The first-order valence-electron chi connectivity index (χ1n) is 7.78. The summed E-state index contributed by atoms with van der Waals surface area (Å²) >= 11 is 0. The van der Waals surface area contributed by atoms with Gasteiger partial charge < -0.3 is 18.8 Å². The molecule has 5 nitrogen and oxygen atoms in total. The van der Waals surface area contributed by atoms with Crippen molar-refractivity contribution in [1.82, 2.24) is 4.90 Å². The van der Waals surface area contributed by atoms with Crippen LogP contribution in [0.4, 0.5) is 0 Å². The lowest BCUT2D eigenvalue weighted by atomic mass is 10.2. The molecule has 0 bridgehead atoms. The molecule has 1 fully saturated rings. The number of likely N-dealkylation sites (tertiary alicyclic amines) is 1. The Morgan fingerprint density at radius 3 is 2.23 bits per heavy atom. The lowest BCUT2D eigenvalue weighted by Gasteiger charge is -2.30. The normalized spacial score (nSPS) is 22.3. The third-order valence-corrected chi connectivity index (χ3v) is 6.25. The van der Waals surface area contributed by atoms with E-state index >= 15 is 0 Å². The number of methoxy groups -OCH3 is 2. The number of carbonyl (C=O) groups excluding carboxylic acids is 1. The molecule has 2 heterocycles. The number of amides is 1. The molecule has 1 aliphatic rings. The summed E-state index contributed by atoms with van der Waals surface area (Å²) in [4.78, 5) is 15.0. The summed E-state index contributed by atoms with van der Waals surface area (Å²) in [6.07, 6.45) is 3.51. The van der Waals surface area contributed by atoms with Gasteiger partial charge in [-0.15, -0.1) is 0 Å². The van der Waals surface area contributed by atoms with Gasteiger partial charge in [0.2, 0.25) is 0 Å². The van der Waals surface area contributed by atoms with Crippen molar-refractivity contribution in [3.8, 4) is 0 Å². The Labute approximate surface area is 133 Å². The summed E-state index contributed by atoms with van der Waals surface area (Å²) in [6.45, 7) is 7.76. The van der Waals surface area contributed by atoms with Crippen LogP contribution >= 0.6 is 0 Å². The van der Waals surface area contributed by atoms with Crippen LogP contribution in [-0.2, 0) is 9.47 Å². The van der Waals surface area contributed by atoms with Crippen molar-refractivity contribution >= 4 is 19.2 Å². The third-order valence-electron chi connectivity index (χ3n) is 4.24. The van der Waals surface area contributed by atoms with Crippen molar-refractivity contribution in [3.63, 3.8) is 0 Å². The zero-order valence-corrected chi connectivity index (χ0v) is 15.2. The Hall–Kier alpha value is -1.11. The SMILES string of the molecule is COC[C@@H]1CC[C@@H](COC)N1C(=O)c1occc1[Si](C)(C)C. The van der Waals surface area contributed by atoms with E-state index < -0.39 is 8.07 Å². The van der Waals surface area contributed by atoms with Gasteiger partial charge in [-0.25, -0.2) is 0 Å². The summed E-state index contributed by atoms with van der Waals surface area (Å²) in [7, 11) is 1.72. The van der Waals surface area contributed by atoms with Crippen LogP contribution in [0.15, 0.2) is 16.7 Å². The minimum absolute atomic E-state index is 0.0241. The first-order chi connectivity index (χ1) is 10.4. The van der Waals surface area contributed by atoms with E-state index in [1.807, 2.05) is 11.0 Å². The average Bonchev–Trinajstić information content (AvgIpc) is 3.06. The second-order valence-electron chi connectivity index (χ2n) is 6.92. The van der Waals surface area contributed by atoms with Gasteiger partial charge in [0.05, 0.1) is 39.6 Å². The summed E-state index contributed by atoms with van der Waals surface area (Å²) in [5, 5.41) is 1.08. The summed E-state index contributed by atoms with van der Waals surface area (Å²) in [6, 6.07) is 2.14. The predicted molar refractivity (Wildman–Crippen MR) is 88.4 cm³/mol. The highest BCUT2D eigenvalue weighted by molar-refractivity contribution is 6.89. The highest BCUT2D eigenvalue weighted by atomic mass is 28.3. The Balaban J connectivity index is 2.30. The van der Waals surface area contributed by atoms with Crippen molar-refractivity contribution < 1.29 is 18.7 Å². The lowest BCUT2D eigenvalue weighted by Crippen LogP contribution is -2.48. The van der Waals surface area contributed by atoms with Gasteiger partial charge in [0.25, 0.3) is 5.91 Å². The molecule has 0 unspecified atom stereocenters. The van der Waals surface area contributed by atoms with Gasteiger partial charge in [-0.3, -0.25) is 4.79 Å². The summed E-state index contributed by atoms with van der Waals surface area (Å²) < 4.78 is 16.2. The lowest BCUT2D eigenvalue weighted by molar-refractivity contribution is 0.0395. The smallest absolute Gasteiger partial charge is 0.290 e. The molecular weight excluding hydrogens is 298 g/mol. The molecule has 1 saturated heterocycles. The molecule has 2 atom stereocenters. The number of hydrogen-bond donors (Lipinski definition) is 0. The molecule has 0 aromatic carbocycles. The van der Waals surface area contributed by atoms with E-state index in [9.17, 15) is 4.79 Å². The van der Waals surface area contributed by atoms with E-state index in [0.717, 1.165) is 18.0 Å². The zero-order chi connectivity index (χ0) is 16.3. The van der Waals surface area contributed by atoms with Crippen molar-refractivity contribution in [1.29, 1.82) is 0 Å². The van der Waals surface area contributed by atoms with Gasteiger partial charge >= 0.3 is 0 Å². The quantitative estimate of drug-likeness (QED) is 0.752. The molecule has 0 spiro atoms. The van der Waals surface area contributed by atoms with E-state index in [-0.39, 0.29) is 18.0 Å². The second-order valence-corrected chi connectivity index (χ2v) is 12.0. The van der Waals surface area contributed by atoms with Crippen LogP contribution in [0.25, 0.3) is 0 Å². The average molecular weight is 325 g/mol. The number of ether oxygens (including phenoxy) is 2. The predicted octanol–water partition coefficient (Wildman–Crippen LogP) is 2.09. The minimum atomic E-state index is -1.62. The largest absolute Gasteiger partial charge is 0.459 e. The fourth-order valence-corrected chi connectivity index (χ4v) is 4.60. The van der Waals surface area contributed by atoms with Crippen LogP contribution in [-0.4, -0.2) is 58.4 Å². The summed E-state index contributed by atoms with van der Waals surface area (Å²) in [5.74, 6) is 0.479. The van der Waals surface area contributed by atoms with E-state index in [4.69, 9.17) is 13.9 Å². The van der Waals surface area contributed by atoms with Gasteiger partial charge in [-0.1, -0.05) is 19.6 Å². The van der Waals surface area contributed by atoms with Crippen molar-refractivity contribution in [2.24, 2.45) is 0 Å². The fourth-order valence-electron chi connectivity index (χ4n) is 3.19. The Morgan fingerprint density at radius 2 is 1.77 bits per heavy atom. The van der Waals surface area contributed by atoms with E-state index in [0.29, 0.717) is 19.0 Å². The molecular formula is C16H27NO4Si. The molecule has 124 valence electrons.